The molecular formula is C20H23Cl2N3O4S. The van der Waals surface area contributed by atoms with Crippen LogP contribution in [0.2, 0.25) is 10.0 Å². The lowest BCUT2D eigenvalue weighted by atomic mass is 10.1. The zero-order valence-corrected chi connectivity index (χ0v) is 19.1. The Labute approximate surface area is 186 Å². The van der Waals surface area contributed by atoms with Gasteiger partial charge in [0, 0.05) is 23.6 Å². The van der Waals surface area contributed by atoms with Crippen LogP contribution in [-0.2, 0) is 26.2 Å². The van der Waals surface area contributed by atoms with Crippen molar-refractivity contribution in [3.8, 4) is 0 Å². The van der Waals surface area contributed by atoms with Gasteiger partial charge >= 0.3 is 0 Å². The molecule has 0 radical (unpaired) electrons. The van der Waals surface area contributed by atoms with E-state index in [4.69, 9.17) is 23.2 Å². The van der Waals surface area contributed by atoms with Gasteiger partial charge in [-0.3, -0.25) is 13.9 Å². The van der Waals surface area contributed by atoms with E-state index in [-0.39, 0.29) is 12.5 Å². The third kappa shape index (κ3) is 6.35. The molecule has 0 aliphatic heterocycles. The lowest BCUT2D eigenvalue weighted by Crippen LogP contribution is -2.50. The molecule has 10 heteroatoms. The maximum absolute atomic E-state index is 13.2. The summed E-state index contributed by atoms with van der Waals surface area (Å²) in [5.74, 6) is -0.892. The van der Waals surface area contributed by atoms with Gasteiger partial charge in [-0.25, -0.2) is 8.42 Å². The minimum absolute atomic E-state index is 0.114. The van der Waals surface area contributed by atoms with E-state index < -0.39 is 28.5 Å². The number of hydrogen-bond donors (Lipinski definition) is 1. The maximum atomic E-state index is 13.2. The fourth-order valence-electron chi connectivity index (χ4n) is 2.80. The molecule has 2 aromatic rings. The predicted octanol–water partition coefficient (Wildman–Crippen LogP) is 2.92. The molecule has 0 saturated heterocycles. The van der Waals surface area contributed by atoms with Crippen LogP contribution in [0.5, 0.6) is 0 Å². The summed E-state index contributed by atoms with van der Waals surface area (Å²) in [6, 6.07) is 12.1. The number of amides is 2. The molecule has 1 atom stereocenters. The highest BCUT2D eigenvalue weighted by Gasteiger charge is 2.29. The summed E-state index contributed by atoms with van der Waals surface area (Å²) in [5.41, 5.74) is 1.05. The Morgan fingerprint density at radius 3 is 1.97 bits per heavy atom. The van der Waals surface area contributed by atoms with Crippen molar-refractivity contribution in [3.05, 3.63) is 64.1 Å². The van der Waals surface area contributed by atoms with Crippen LogP contribution in [0.25, 0.3) is 0 Å². The minimum atomic E-state index is -3.76. The summed E-state index contributed by atoms with van der Waals surface area (Å²) in [5, 5.41) is 3.50. The van der Waals surface area contributed by atoms with Crippen LogP contribution in [0.4, 0.5) is 5.69 Å². The molecule has 30 heavy (non-hydrogen) atoms. The van der Waals surface area contributed by atoms with Crippen LogP contribution in [0.1, 0.15) is 12.5 Å². The molecule has 0 heterocycles. The smallest absolute Gasteiger partial charge is 0.244 e. The van der Waals surface area contributed by atoms with Gasteiger partial charge in [-0.05, 0) is 48.9 Å². The van der Waals surface area contributed by atoms with E-state index in [9.17, 15) is 18.0 Å². The highest BCUT2D eigenvalue weighted by Crippen LogP contribution is 2.21. The van der Waals surface area contributed by atoms with Crippen LogP contribution in [0.3, 0.4) is 0 Å². The number of hydrogen-bond acceptors (Lipinski definition) is 4. The molecule has 7 nitrogen and oxygen atoms in total. The van der Waals surface area contributed by atoms with Crippen LogP contribution >= 0.6 is 23.2 Å². The number of likely N-dealkylation sites (N-methyl/N-ethyl adjacent to an activating group) is 1. The van der Waals surface area contributed by atoms with Crippen molar-refractivity contribution in [1.29, 1.82) is 0 Å². The monoisotopic (exact) mass is 471 g/mol. The quantitative estimate of drug-likeness (QED) is 0.640. The zero-order chi connectivity index (χ0) is 22.5. The lowest BCUT2D eigenvalue weighted by molar-refractivity contribution is -0.139. The Hall–Kier alpha value is -2.29. The molecule has 0 aliphatic carbocycles. The van der Waals surface area contributed by atoms with Gasteiger partial charge in [0.2, 0.25) is 21.8 Å². The maximum Gasteiger partial charge on any atom is 0.244 e. The number of rotatable bonds is 8. The van der Waals surface area contributed by atoms with Crippen LogP contribution in [0.15, 0.2) is 48.5 Å². The van der Waals surface area contributed by atoms with Gasteiger partial charge in [0.1, 0.15) is 12.6 Å². The molecule has 0 spiro atoms. The first-order valence-corrected chi connectivity index (χ1v) is 11.6. The van der Waals surface area contributed by atoms with Crippen molar-refractivity contribution >= 4 is 50.7 Å². The molecule has 2 amide bonds. The van der Waals surface area contributed by atoms with Crippen molar-refractivity contribution in [2.24, 2.45) is 0 Å². The molecule has 0 unspecified atom stereocenters. The molecule has 0 saturated carbocycles. The van der Waals surface area contributed by atoms with Crippen LogP contribution in [-0.4, -0.2) is 51.0 Å². The van der Waals surface area contributed by atoms with Gasteiger partial charge in [-0.2, -0.15) is 0 Å². The fourth-order valence-corrected chi connectivity index (χ4v) is 3.90. The normalized spacial score (nSPS) is 12.2. The van der Waals surface area contributed by atoms with Crippen LogP contribution in [0, 0.1) is 0 Å². The number of benzene rings is 2. The Bertz CT molecular complexity index is 996. The average Bonchev–Trinajstić information content (AvgIpc) is 2.70. The van der Waals surface area contributed by atoms with E-state index in [0.29, 0.717) is 15.7 Å². The number of carbonyl (C=O) groups is 2. The third-order valence-corrected chi connectivity index (χ3v) is 6.12. The van der Waals surface area contributed by atoms with Crippen molar-refractivity contribution in [2.75, 3.05) is 24.2 Å². The standard InChI is InChI=1S/C20H23Cl2N3O4S/c1-14(20(27)23-2)24(12-15-4-6-16(21)7-5-15)19(26)13-25(30(3,28)29)18-10-8-17(22)9-11-18/h4-11,14H,12-13H2,1-3H3,(H,23,27)/t14-/m1/s1. The van der Waals surface area contributed by atoms with E-state index >= 15 is 0 Å². The second-order valence-electron chi connectivity index (χ2n) is 6.68. The van der Waals surface area contributed by atoms with E-state index in [1.165, 1.54) is 36.2 Å². The van der Waals surface area contributed by atoms with Crippen molar-refractivity contribution < 1.29 is 18.0 Å². The summed E-state index contributed by atoms with van der Waals surface area (Å²) >= 11 is 11.8. The Balaban J connectivity index is 2.35. The van der Waals surface area contributed by atoms with Crippen LogP contribution < -0.4 is 9.62 Å². The number of anilines is 1. The molecular weight excluding hydrogens is 449 g/mol. The fraction of sp³-hybridized carbons (Fsp3) is 0.300. The molecule has 0 aliphatic rings. The minimum Gasteiger partial charge on any atom is -0.357 e. The van der Waals surface area contributed by atoms with Gasteiger partial charge in [0.25, 0.3) is 0 Å². The van der Waals surface area contributed by atoms with Crippen molar-refractivity contribution in [1.82, 2.24) is 10.2 Å². The summed E-state index contributed by atoms with van der Waals surface area (Å²) in [6.45, 7) is 1.23. The van der Waals surface area contributed by atoms with Gasteiger partial charge in [-0.15, -0.1) is 0 Å². The molecule has 162 valence electrons. The summed E-state index contributed by atoms with van der Waals surface area (Å²) < 4.78 is 25.7. The number of sulfonamides is 1. The van der Waals surface area contributed by atoms with Crippen molar-refractivity contribution in [3.63, 3.8) is 0 Å². The second-order valence-corrected chi connectivity index (χ2v) is 9.46. The van der Waals surface area contributed by atoms with Gasteiger partial charge in [0.05, 0.1) is 11.9 Å². The van der Waals surface area contributed by atoms with E-state index in [1.807, 2.05) is 0 Å². The van der Waals surface area contributed by atoms with E-state index in [2.05, 4.69) is 5.32 Å². The largest absolute Gasteiger partial charge is 0.357 e. The summed E-state index contributed by atoms with van der Waals surface area (Å²) in [4.78, 5) is 26.7. The molecule has 0 bridgehead atoms. The Morgan fingerprint density at radius 2 is 1.50 bits per heavy atom. The number of nitrogens with zero attached hydrogens (tertiary/aromatic N) is 2. The zero-order valence-electron chi connectivity index (χ0n) is 16.8. The van der Waals surface area contributed by atoms with Gasteiger partial charge in [-0.1, -0.05) is 35.3 Å². The first kappa shape index (κ1) is 24.0. The Kier molecular flexibility index (Phi) is 8.11. The first-order chi connectivity index (χ1) is 14.0. The van der Waals surface area contributed by atoms with E-state index in [0.717, 1.165) is 16.1 Å². The van der Waals surface area contributed by atoms with Crippen molar-refractivity contribution in [2.45, 2.75) is 19.5 Å². The van der Waals surface area contributed by atoms with E-state index in [1.54, 1.807) is 31.2 Å². The number of nitrogens with one attached hydrogen (secondary N) is 1. The lowest BCUT2D eigenvalue weighted by Gasteiger charge is -2.31. The second kappa shape index (κ2) is 10.1. The third-order valence-electron chi connectivity index (χ3n) is 4.47. The highest BCUT2D eigenvalue weighted by molar-refractivity contribution is 7.92. The average molecular weight is 472 g/mol. The topological polar surface area (TPSA) is 86.8 Å². The molecule has 2 rings (SSSR count). The molecule has 0 fully saturated rings. The van der Waals surface area contributed by atoms with Gasteiger partial charge < -0.3 is 10.2 Å². The predicted molar refractivity (Wildman–Crippen MR) is 119 cm³/mol. The number of carbonyl (C=O) groups excluding carboxylic acids is 2. The number of halogens is 2. The molecule has 0 aromatic heterocycles. The highest BCUT2D eigenvalue weighted by atomic mass is 35.5. The molecule has 2 aromatic carbocycles. The molecule has 1 N–H and O–H groups in total. The Morgan fingerprint density at radius 1 is 1.00 bits per heavy atom. The summed E-state index contributed by atoms with van der Waals surface area (Å²) in [7, 11) is -2.29. The summed E-state index contributed by atoms with van der Waals surface area (Å²) in [6.07, 6.45) is 1.01. The van der Waals surface area contributed by atoms with Gasteiger partial charge in [0.15, 0.2) is 0 Å². The first-order valence-electron chi connectivity index (χ1n) is 9.01. The SMILES string of the molecule is CNC(=O)[C@@H](C)N(Cc1ccc(Cl)cc1)C(=O)CN(c1ccc(Cl)cc1)S(C)(=O)=O.